The number of nitrogens with one attached hydrogen (secondary N) is 1. The molecule has 0 unspecified atom stereocenters. The lowest BCUT2D eigenvalue weighted by atomic mass is 10.1. The monoisotopic (exact) mass is 361 g/mol. The first-order valence-electron chi connectivity index (χ1n) is 6.75. The number of thiocarbonyl (C=S) groups is 1. The van der Waals surface area contributed by atoms with Gasteiger partial charge >= 0.3 is 0 Å². The van der Waals surface area contributed by atoms with Gasteiger partial charge in [0, 0.05) is 5.02 Å². The second-order valence-electron chi connectivity index (χ2n) is 4.82. The first-order valence-corrected chi connectivity index (χ1v) is 7.54. The van der Waals surface area contributed by atoms with E-state index in [4.69, 9.17) is 23.8 Å². The highest BCUT2D eigenvalue weighted by Crippen LogP contribution is 2.23. The van der Waals surface area contributed by atoms with Crippen molar-refractivity contribution >= 4 is 52.5 Å². The molecule has 5 nitrogen and oxygen atoms in total. The number of halogens is 2. The minimum atomic E-state index is -0.710. The van der Waals surface area contributed by atoms with Crippen molar-refractivity contribution in [3.05, 3.63) is 64.7 Å². The third-order valence-corrected chi connectivity index (χ3v) is 3.75. The summed E-state index contributed by atoms with van der Waals surface area (Å²) in [7, 11) is 0. The van der Waals surface area contributed by atoms with Gasteiger partial charge in [0.15, 0.2) is 5.11 Å². The average molecular weight is 362 g/mol. The van der Waals surface area contributed by atoms with E-state index in [1.165, 1.54) is 24.3 Å². The molecular formula is C16H9ClFN3O2S. The number of benzene rings is 1. The number of rotatable bonds is 2. The van der Waals surface area contributed by atoms with Gasteiger partial charge in [-0.2, -0.15) is 4.39 Å². The van der Waals surface area contributed by atoms with Crippen molar-refractivity contribution in [1.29, 1.82) is 0 Å². The Morgan fingerprint density at radius 1 is 1.17 bits per heavy atom. The van der Waals surface area contributed by atoms with E-state index in [0.717, 1.165) is 4.90 Å². The minimum Gasteiger partial charge on any atom is -0.298 e. The molecule has 8 heteroatoms. The summed E-state index contributed by atoms with van der Waals surface area (Å²) < 4.78 is 13.2. The second kappa shape index (κ2) is 6.46. The molecule has 0 bridgehead atoms. The third-order valence-electron chi connectivity index (χ3n) is 3.22. The Bertz CT molecular complexity index is 883. The number of hydrogen-bond donors (Lipinski definition) is 1. The summed E-state index contributed by atoms with van der Waals surface area (Å²) >= 11 is 10.9. The average Bonchev–Trinajstić information content (AvgIpc) is 2.53. The molecule has 3 rings (SSSR count). The largest absolute Gasteiger partial charge is 0.298 e. The van der Waals surface area contributed by atoms with Gasteiger partial charge in [-0.25, -0.2) is 4.98 Å². The fourth-order valence-electron chi connectivity index (χ4n) is 2.13. The maximum Gasteiger partial charge on any atom is 0.270 e. The lowest BCUT2D eigenvalue weighted by Crippen LogP contribution is -2.54. The number of anilines is 1. The molecule has 1 N–H and O–H groups in total. The number of aromatic nitrogens is 1. The molecule has 0 atom stereocenters. The van der Waals surface area contributed by atoms with E-state index in [1.807, 2.05) is 0 Å². The van der Waals surface area contributed by atoms with Crippen LogP contribution in [0.5, 0.6) is 0 Å². The first kappa shape index (κ1) is 16.2. The van der Waals surface area contributed by atoms with Gasteiger partial charge in [0.25, 0.3) is 11.8 Å². The van der Waals surface area contributed by atoms with Crippen LogP contribution < -0.4 is 10.2 Å². The van der Waals surface area contributed by atoms with E-state index in [-0.39, 0.29) is 16.4 Å². The van der Waals surface area contributed by atoms with Gasteiger partial charge in [0.2, 0.25) is 5.95 Å². The zero-order valence-corrected chi connectivity index (χ0v) is 13.6. The van der Waals surface area contributed by atoms with Crippen LogP contribution in [0, 0.1) is 5.95 Å². The fourth-order valence-corrected chi connectivity index (χ4v) is 2.54. The summed E-state index contributed by atoms with van der Waals surface area (Å²) in [5.74, 6) is -2.00. The van der Waals surface area contributed by atoms with Crippen LogP contribution in [0.3, 0.4) is 0 Å². The molecule has 0 aliphatic carbocycles. The summed E-state index contributed by atoms with van der Waals surface area (Å²) in [6.45, 7) is 0. The summed E-state index contributed by atoms with van der Waals surface area (Å²) in [6.07, 6.45) is 1.21. The molecule has 0 spiro atoms. The van der Waals surface area contributed by atoms with E-state index in [0.29, 0.717) is 10.7 Å². The molecule has 2 aromatic rings. The zero-order valence-electron chi connectivity index (χ0n) is 12.0. The molecule has 120 valence electrons. The van der Waals surface area contributed by atoms with E-state index >= 15 is 0 Å². The van der Waals surface area contributed by atoms with Gasteiger partial charge in [0.05, 0.1) is 11.4 Å². The van der Waals surface area contributed by atoms with Gasteiger partial charge in [-0.1, -0.05) is 17.7 Å². The quantitative estimate of drug-likeness (QED) is 0.386. The lowest BCUT2D eigenvalue weighted by Gasteiger charge is -2.28. The van der Waals surface area contributed by atoms with Crippen LogP contribution in [-0.2, 0) is 9.59 Å². The molecule has 1 aliphatic heterocycles. The van der Waals surface area contributed by atoms with Crippen molar-refractivity contribution in [3.8, 4) is 0 Å². The fraction of sp³-hybridized carbons (Fsp3) is 0. The zero-order chi connectivity index (χ0) is 17.3. The van der Waals surface area contributed by atoms with E-state index < -0.39 is 17.8 Å². The molecule has 1 aliphatic rings. The van der Waals surface area contributed by atoms with Gasteiger partial charge in [-0.05, 0) is 54.7 Å². The van der Waals surface area contributed by atoms with Crippen LogP contribution in [0.15, 0.2) is 48.0 Å². The first-order chi connectivity index (χ1) is 11.5. The summed E-state index contributed by atoms with van der Waals surface area (Å²) in [4.78, 5) is 29.5. The van der Waals surface area contributed by atoms with Crippen LogP contribution in [0.2, 0.25) is 5.02 Å². The van der Waals surface area contributed by atoms with Crippen molar-refractivity contribution in [3.63, 3.8) is 0 Å². The van der Waals surface area contributed by atoms with Crippen molar-refractivity contribution in [2.45, 2.75) is 0 Å². The molecule has 1 saturated heterocycles. The third kappa shape index (κ3) is 3.17. The molecule has 2 heterocycles. The lowest BCUT2D eigenvalue weighted by molar-refractivity contribution is -0.122. The highest BCUT2D eigenvalue weighted by Gasteiger charge is 2.34. The Kier molecular flexibility index (Phi) is 4.37. The van der Waals surface area contributed by atoms with Crippen molar-refractivity contribution < 1.29 is 14.0 Å². The van der Waals surface area contributed by atoms with Crippen LogP contribution in [-0.4, -0.2) is 21.9 Å². The van der Waals surface area contributed by atoms with Gasteiger partial charge in [-0.3, -0.25) is 19.8 Å². The van der Waals surface area contributed by atoms with Crippen molar-refractivity contribution in [1.82, 2.24) is 10.3 Å². The molecular weight excluding hydrogens is 353 g/mol. The molecule has 1 aromatic heterocycles. The van der Waals surface area contributed by atoms with E-state index in [9.17, 15) is 14.0 Å². The molecule has 0 saturated carbocycles. The van der Waals surface area contributed by atoms with E-state index in [1.54, 1.807) is 24.3 Å². The maximum atomic E-state index is 13.2. The Morgan fingerprint density at radius 3 is 2.54 bits per heavy atom. The topological polar surface area (TPSA) is 62.3 Å². The highest BCUT2D eigenvalue weighted by atomic mass is 35.5. The number of carbonyl (C=O) groups is 2. The van der Waals surface area contributed by atoms with Crippen LogP contribution >= 0.6 is 23.8 Å². The Balaban J connectivity index is 2.01. The van der Waals surface area contributed by atoms with Crippen LogP contribution in [0.1, 0.15) is 5.69 Å². The SMILES string of the molecule is O=C1NC(=S)N(c2ccc(Cl)cc2)C(=O)C1=Cc1cccc(F)n1. The molecule has 0 radical (unpaired) electrons. The maximum absolute atomic E-state index is 13.2. The van der Waals surface area contributed by atoms with Crippen LogP contribution in [0.4, 0.5) is 10.1 Å². The summed E-state index contributed by atoms with van der Waals surface area (Å²) in [5.41, 5.74) is 0.404. The van der Waals surface area contributed by atoms with Crippen LogP contribution in [0.25, 0.3) is 6.08 Å². The van der Waals surface area contributed by atoms with Gasteiger partial charge < -0.3 is 0 Å². The Labute approximate surface area is 146 Å². The number of pyridine rings is 1. The number of nitrogens with zero attached hydrogens (tertiary/aromatic N) is 2. The van der Waals surface area contributed by atoms with Crippen molar-refractivity contribution in [2.24, 2.45) is 0 Å². The highest BCUT2D eigenvalue weighted by molar-refractivity contribution is 7.80. The number of carbonyl (C=O) groups excluding carboxylic acids is 2. The smallest absolute Gasteiger partial charge is 0.270 e. The molecule has 1 fully saturated rings. The minimum absolute atomic E-state index is 0.0447. The second-order valence-corrected chi connectivity index (χ2v) is 5.64. The number of hydrogen-bond acceptors (Lipinski definition) is 4. The standard InChI is InChI=1S/C16H9ClFN3O2S/c17-9-4-6-11(7-5-9)21-15(23)12(14(22)20-16(21)24)8-10-2-1-3-13(18)19-10/h1-8H,(H,20,22,24). The van der Waals surface area contributed by atoms with E-state index in [2.05, 4.69) is 10.3 Å². The predicted molar refractivity (Wildman–Crippen MR) is 91.9 cm³/mol. The summed E-state index contributed by atoms with van der Waals surface area (Å²) in [5, 5.41) is 2.89. The Morgan fingerprint density at radius 2 is 1.88 bits per heavy atom. The van der Waals surface area contributed by atoms with Gasteiger partial charge in [-0.15, -0.1) is 0 Å². The number of amides is 2. The molecule has 2 amide bonds. The normalized spacial score (nSPS) is 16.5. The van der Waals surface area contributed by atoms with Crippen molar-refractivity contribution in [2.75, 3.05) is 4.90 Å². The predicted octanol–water partition coefficient (Wildman–Crippen LogP) is 2.71. The Hall–Kier alpha value is -2.64. The van der Waals surface area contributed by atoms with Gasteiger partial charge in [0.1, 0.15) is 5.57 Å². The molecule has 1 aromatic carbocycles. The molecule has 24 heavy (non-hydrogen) atoms. The summed E-state index contributed by atoms with van der Waals surface area (Å²) in [6, 6.07) is 10.5.